The average molecular weight is 617 g/mol. The highest BCUT2D eigenvalue weighted by Crippen LogP contribution is 2.39. The molecule has 0 aromatic heterocycles. The molecule has 1 aliphatic carbocycles. The first-order valence-corrected chi connectivity index (χ1v) is 16.2. The molecule has 238 valence electrons. The molecule has 4 aromatic rings. The summed E-state index contributed by atoms with van der Waals surface area (Å²) < 4.78 is 11.0. The molecule has 0 bridgehead atoms. The molecule has 0 aliphatic heterocycles. The lowest BCUT2D eigenvalue weighted by molar-refractivity contribution is 0.152. The van der Waals surface area contributed by atoms with Crippen molar-refractivity contribution in [2.45, 2.75) is 70.1 Å². The highest BCUT2D eigenvalue weighted by atomic mass is 16.7. The first-order valence-electron chi connectivity index (χ1n) is 16.2. The number of aromatic hydroxyl groups is 2. The maximum absolute atomic E-state index is 12.7. The van der Waals surface area contributed by atoms with Crippen molar-refractivity contribution in [1.82, 2.24) is 0 Å². The van der Waals surface area contributed by atoms with E-state index in [0.717, 1.165) is 47.9 Å². The molecular weight excluding hydrogens is 572 g/mol. The van der Waals surface area contributed by atoms with E-state index < -0.39 is 6.16 Å². The van der Waals surface area contributed by atoms with Crippen molar-refractivity contribution in [3.8, 4) is 23.0 Å². The predicted molar refractivity (Wildman–Crippen MR) is 184 cm³/mol. The van der Waals surface area contributed by atoms with Crippen LogP contribution in [0.25, 0.3) is 0 Å². The van der Waals surface area contributed by atoms with Gasteiger partial charge in [0.05, 0.1) is 0 Å². The zero-order valence-electron chi connectivity index (χ0n) is 27.0. The first kappa shape index (κ1) is 32.6. The van der Waals surface area contributed by atoms with Gasteiger partial charge >= 0.3 is 6.16 Å². The minimum Gasteiger partial charge on any atom is -0.508 e. The van der Waals surface area contributed by atoms with Crippen molar-refractivity contribution >= 4 is 6.16 Å². The van der Waals surface area contributed by atoms with Crippen molar-refractivity contribution in [1.29, 1.82) is 0 Å². The molecule has 0 radical (unpaired) electrons. The molecule has 2 N–H and O–H groups in total. The molecule has 4 aromatic carbocycles. The molecule has 1 aliphatic rings. The van der Waals surface area contributed by atoms with Crippen LogP contribution in [0.5, 0.6) is 23.0 Å². The minimum atomic E-state index is -0.803. The van der Waals surface area contributed by atoms with Crippen LogP contribution in [0.1, 0.15) is 81.5 Å². The monoisotopic (exact) mass is 616 g/mol. The van der Waals surface area contributed by atoms with Gasteiger partial charge in [0.15, 0.2) is 0 Å². The van der Waals surface area contributed by atoms with Gasteiger partial charge in [-0.3, -0.25) is 0 Å². The van der Waals surface area contributed by atoms with Crippen LogP contribution in [-0.2, 0) is 10.8 Å². The molecule has 2 atom stereocenters. The molecule has 0 saturated heterocycles. The van der Waals surface area contributed by atoms with Crippen molar-refractivity contribution in [3.63, 3.8) is 0 Å². The van der Waals surface area contributed by atoms with Crippen molar-refractivity contribution in [2.24, 2.45) is 5.92 Å². The Bertz CT molecular complexity index is 1630. The molecule has 0 saturated carbocycles. The third-order valence-electron chi connectivity index (χ3n) is 9.38. The van der Waals surface area contributed by atoms with E-state index in [1.54, 1.807) is 36.4 Å². The Hall–Kier alpha value is -4.77. The molecule has 46 heavy (non-hydrogen) atoms. The van der Waals surface area contributed by atoms with E-state index in [9.17, 15) is 15.0 Å². The molecule has 2 unspecified atom stereocenters. The number of phenolic OH excluding ortho intramolecular Hbond substituents is 2. The smallest absolute Gasteiger partial charge is 0.508 e. The van der Waals surface area contributed by atoms with Gasteiger partial charge in [-0.15, -0.1) is 0 Å². The fraction of sp³-hybridized carbons (Fsp3) is 0.293. The number of carbonyl (C=O) groups excluding carboxylic acids is 1. The lowest BCUT2D eigenvalue weighted by atomic mass is 9.72. The Kier molecular flexibility index (Phi) is 10.3. The van der Waals surface area contributed by atoms with Crippen LogP contribution < -0.4 is 9.47 Å². The maximum Gasteiger partial charge on any atom is 0.519 e. The number of ether oxygens (including phenoxy) is 2. The zero-order valence-corrected chi connectivity index (χ0v) is 27.0. The van der Waals surface area contributed by atoms with Gasteiger partial charge in [0.25, 0.3) is 0 Å². The van der Waals surface area contributed by atoms with Crippen LogP contribution in [0, 0.1) is 5.92 Å². The fourth-order valence-electron chi connectivity index (χ4n) is 6.28. The summed E-state index contributed by atoms with van der Waals surface area (Å²) in [5.41, 5.74) is 3.80. The third kappa shape index (κ3) is 8.08. The van der Waals surface area contributed by atoms with E-state index >= 15 is 0 Å². The number of carbonyl (C=O) groups is 1. The van der Waals surface area contributed by atoms with Crippen LogP contribution in [0.15, 0.2) is 121 Å². The van der Waals surface area contributed by atoms with E-state index in [1.807, 2.05) is 60.7 Å². The Morgan fingerprint density at radius 2 is 1.13 bits per heavy atom. The number of phenols is 2. The molecule has 5 heteroatoms. The molecule has 5 nitrogen and oxygen atoms in total. The van der Waals surface area contributed by atoms with Crippen molar-refractivity contribution in [2.75, 3.05) is 0 Å². The maximum atomic E-state index is 12.7. The van der Waals surface area contributed by atoms with Gasteiger partial charge in [-0.2, -0.15) is 0 Å². The Balaban J connectivity index is 1.20. The topological polar surface area (TPSA) is 76.0 Å². The van der Waals surface area contributed by atoms with E-state index in [0.29, 0.717) is 17.4 Å². The second-order valence-corrected chi connectivity index (χ2v) is 13.0. The summed E-state index contributed by atoms with van der Waals surface area (Å²) in [6.45, 7) is 6.45. The van der Waals surface area contributed by atoms with Gasteiger partial charge in [-0.25, -0.2) is 4.79 Å². The number of unbranched alkanes of at least 4 members (excludes halogenated alkanes) is 2. The summed E-state index contributed by atoms with van der Waals surface area (Å²) >= 11 is 0. The molecule has 0 heterocycles. The SMILES string of the molecule is CC(C)(c1ccc(O)cc1)c1ccc(OC(=O)Oc2ccc(C(C)(CCCCCC3C=CC=CC3)c3ccc(O)cc3)cc2)cc1. The second kappa shape index (κ2) is 14.6. The van der Waals surface area contributed by atoms with Gasteiger partial charge in [0.1, 0.15) is 23.0 Å². The summed E-state index contributed by atoms with van der Waals surface area (Å²) in [5, 5.41) is 19.6. The van der Waals surface area contributed by atoms with Crippen molar-refractivity contribution < 1.29 is 24.5 Å². The second-order valence-electron chi connectivity index (χ2n) is 13.0. The van der Waals surface area contributed by atoms with Crippen LogP contribution >= 0.6 is 0 Å². The fourth-order valence-corrected chi connectivity index (χ4v) is 6.28. The molecular formula is C41H44O5. The number of rotatable bonds is 12. The standard InChI is InChI=1S/C41H44O5/c1-40(2,31-13-21-35(42)22-14-31)32-17-25-37(26-18-32)45-39(44)46-38-27-19-34(20-28-38)41(3,33-15-23-36(43)24-16-33)29-9-5-8-12-30-10-6-4-7-11-30/h4,6-7,10,13-28,30,42-43H,5,8-9,11-12,29H2,1-3H3. The van der Waals surface area contributed by atoms with Gasteiger partial charge in [-0.05, 0) is 96.0 Å². The number of allylic oxidation sites excluding steroid dienone is 4. The number of benzene rings is 4. The van der Waals surface area contributed by atoms with E-state index in [2.05, 4.69) is 45.1 Å². The Morgan fingerprint density at radius 3 is 1.63 bits per heavy atom. The van der Waals surface area contributed by atoms with Gasteiger partial charge in [0, 0.05) is 10.8 Å². The third-order valence-corrected chi connectivity index (χ3v) is 9.38. The molecule has 5 rings (SSSR count). The highest BCUT2D eigenvalue weighted by Gasteiger charge is 2.29. The number of hydrogen-bond acceptors (Lipinski definition) is 5. The minimum absolute atomic E-state index is 0.231. The summed E-state index contributed by atoms with van der Waals surface area (Å²) in [5.74, 6) is 1.92. The van der Waals surface area contributed by atoms with Gasteiger partial charge < -0.3 is 19.7 Å². The van der Waals surface area contributed by atoms with E-state index in [4.69, 9.17) is 9.47 Å². The van der Waals surface area contributed by atoms with E-state index in [1.165, 1.54) is 12.8 Å². The summed E-state index contributed by atoms with van der Waals surface area (Å²) in [4.78, 5) is 12.7. The number of hydrogen-bond donors (Lipinski definition) is 2. The molecule has 0 spiro atoms. The summed E-state index contributed by atoms with van der Waals surface area (Å²) in [6, 6.07) is 29.7. The van der Waals surface area contributed by atoms with Crippen LogP contribution in [0.2, 0.25) is 0 Å². The molecule has 0 amide bonds. The lowest BCUT2D eigenvalue weighted by Gasteiger charge is -2.31. The van der Waals surface area contributed by atoms with E-state index in [-0.39, 0.29) is 22.3 Å². The lowest BCUT2D eigenvalue weighted by Crippen LogP contribution is -2.23. The normalized spacial score (nSPS) is 15.7. The molecule has 0 fully saturated rings. The van der Waals surface area contributed by atoms with Crippen LogP contribution in [0.4, 0.5) is 4.79 Å². The average Bonchev–Trinajstić information content (AvgIpc) is 3.06. The van der Waals surface area contributed by atoms with Gasteiger partial charge in [-0.1, -0.05) is 113 Å². The first-order chi connectivity index (χ1) is 22.1. The largest absolute Gasteiger partial charge is 0.519 e. The summed E-state index contributed by atoms with van der Waals surface area (Å²) in [7, 11) is 0. The van der Waals surface area contributed by atoms with Crippen LogP contribution in [0.3, 0.4) is 0 Å². The Morgan fingerprint density at radius 1 is 0.652 bits per heavy atom. The summed E-state index contributed by atoms with van der Waals surface area (Å²) in [6.07, 6.45) is 14.8. The van der Waals surface area contributed by atoms with Gasteiger partial charge in [0.2, 0.25) is 0 Å². The zero-order chi connectivity index (χ0) is 32.6. The van der Waals surface area contributed by atoms with Crippen LogP contribution in [-0.4, -0.2) is 16.4 Å². The Labute approximate surface area is 272 Å². The predicted octanol–water partition coefficient (Wildman–Crippen LogP) is 10.4. The quantitative estimate of drug-likeness (QED) is 0.0941. The van der Waals surface area contributed by atoms with Crippen molar-refractivity contribution in [3.05, 3.63) is 144 Å². The highest BCUT2D eigenvalue weighted by molar-refractivity contribution is 5.67.